The summed E-state index contributed by atoms with van der Waals surface area (Å²) in [7, 11) is 0. The van der Waals surface area contributed by atoms with Crippen LogP contribution in [0.2, 0.25) is 5.02 Å². The smallest absolute Gasteiger partial charge is 0.268 e. The minimum atomic E-state index is -0.845. The second kappa shape index (κ2) is 8.58. The van der Waals surface area contributed by atoms with Crippen molar-refractivity contribution < 1.29 is 18.8 Å². The first kappa shape index (κ1) is 22.7. The van der Waals surface area contributed by atoms with E-state index in [1.807, 2.05) is 0 Å². The van der Waals surface area contributed by atoms with Crippen LogP contribution in [-0.2, 0) is 9.59 Å². The summed E-state index contributed by atoms with van der Waals surface area (Å²) >= 11 is 5.82. The summed E-state index contributed by atoms with van der Waals surface area (Å²) in [4.78, 5) is 40.9. The van der Waals surface area contributed by atoms with Gasteiger partial charge < -0.3 is 20.9 Å². The van der Waals surface area contributed by atoms with Gasteiger partial charge in [0.05, 0.1) is 16.6 Å². The number of fused-ring (bicyclic) bond motifs is 1. The van der Waals surface area contributed by atoms with Gasteiger partial charge in [-0.05, 0) is 50.2 Å². The van der Waals surface area contributed by atoms with Crippen LogP contribution in [0.4, 0.5) is 4.39 Å². The summed E-state index contributed by atoms with van der Waals surface area (Å²) in [6.45, 7) is 0. The minimum Gasteiger partial charge on any atom is -0.350 e. The predicted octanol–water partition coefficient (Wildman–Crippen LogP) is 2.93. The van der Waals surface area contributed by atoms with E-state index in [4.69, 9.17) is 11.6 Å². The standard InChI is InChI=1S/C24H25ClFN5O3/c25-16-4-3-13-9-18(29-20(13)19(16)26)23(34)30-17(7-12-1-2-12)22(33)28-15(11-27)8-14-10-24(5-6-24)31-21(14)32/h3-4,9,12,14-15,17,29H,1-2,5-8,10H2,(H,28,33)(H,30,34)(H,31,32)/t14-,15+,17?/m1/s1. The minimum absolute atomic E-state index is 0.0570. The molecule has 3 atom stereocenters. The molecular formula is C24H25ClFN5O3. The highest BCUT2D eigenvalue weighted by molar-refractivity contribution is 6.31. The maximum atomic E-state index is 14.3. The summed E-state index contributed by atoms with van der Waals surface area (Å²) in [5, 5.41) is 18.5. The molecule has 1 aromatic carbocycles. The van der Waals surface area contributed by atoms with Crippen LogP contribution < -0.4 is 16.0 Å². The van der Waals surface area contributed by atoms with Crippen molar-refractivity contribution in [1.82, 2.24) is 20.9 Å². The number of H-pyrrole nitrogens is 1. The van der Waals surface area contributed by atoms with E-state index in [0.717, 1.165) is 25.7 Å². The zero-order valence-electron chi connectivity index (χ0n) is 18.4. The number of benzene rings is 1. The fraction of sp³-hybridized carbons (Fsp3) is 0.500. The molecule has 1 aromatic heterocycles. The summed E-state index contributed by atoms with van der Waals surface area (Å²) < 4.78 is 14.3. The van der Waals surface area contributed by atoms with Gasteiger partial charge in [-0.1, -0.05) is 30.5 Å². The molecular weight excluding hydrogens is 461 g/mol. The number of halogens is 2. The van der Waals surface area contributed by atoms with Crippen LogP contribution in [0, 0.1) is 29.0 Å². The topological polar surface area (TPSA) is 127 Å². The molecule has 2 heterocycles. The lowest BCUT2D eigenvalue weighted by Gasteiger charge is -2.21. The molecule has 1 saturated heterocycles. The van der Waals surface area contributed by atoms with Gasteiger partial charge in [-0.15, -0.1) is 0 Å². The number of nitrogens with zero attached hydrogens (tertiary/aromatic N) is 1. The molecule has 0 bridgehead atoms. The molecule has 34 heavy (non-hydrogen) atoms. The van der Waals surface area contributed by atoms with Crippen LogP contribution in [0.5, 0.6) is 0 Å². The van der Waals surface area contributed by atoms with Crippen molar-refractivity contribution >= 4 is 40.2 Å². The zero-order valence-corrected chi connectivity index (χ0v) is 19.2. The molecule has 1 spiro atoms. The number of amides is 3. The van der Waals surface area contributed by atoms with E-state index in [2.05, 4.69) is 27.0 Å². The second-order valence-electron chi connectivity index (χ2n) is 9.81. The third kappa shape index (κ3) is 4.60. The molecule has 178 valence electrons. The van der Waals surface area contributed by atoms with E-state index in [9.17, 15) is 24.0 Å². The highest BCUT2D eigenvalue weighted by Crippen LogP contribution is 2.46. The van der Waals surface area contributed by atoms with Crippen LogP contribution in [-0.4, -0.2) is 40.3 Å². The number of nitriles is 1. The van der Waals surface area contributed by atoms with Crippen LogP contribution in [0.15, 0.2) is 18.2 Å². The van der Waals surface area contributed by atoms with Gasteiger partial charge in [0.1, 0.15) is 17.8 Å². The van der Waals surface area contributed by atoms with Crippen molar-refractivity contribution in [2.75, 3.05) is 0 Å². The number of hydrogen-bond acceptors (Lipinski definition) is 4. The van der Waals surface area contributed by atoms with E-state index >= 15 is 0 Å². The molecule has 5 rings (SSSR count). The zero-order chi connectivity index (χ0) is 24.0. The Balaban J connectivity index is 1.26. The number of carbonyl (C=O) groups is 3. The predicted molar refractivity (Wildman–Crippen MR) is 122 cm³/mol. The molecule has 3 aliphatic rings. The lowest BCUT2D eigenvalue weighted by atomic mass is 9.95. The van der Waals surface area contributed by atoms with Crippen molar-refractivity contribution in [3.8, 4) is 6.07 Å². The largest absolute Gasteiger partial charge is 0.350 e. The lowest BCUT2D eigenvalue weighted by Crippen LogP contribution is -2.50. The fourth-order valence-corrected chi connectivity index (χ4v) is 4.92. The van der Waals surface area contributed by atoms with Crippen molar-refractivity contribution in [2.24, 2.45) is 11.8 Å². The van der Waals surface area contributed by atoms with E-state index in [1.54, 1.807) is 6.07 Å². The van der Waals surface area contributed by atoms with Crippen molar-refractivity contribution in [3.05, 3.63) is 34.7 Å². The average Bonchev–Trinajstić information content (AvgIpc) is 3.70. The Kier molecular flexibility index (Phi) is 5.72. The molecule has 0 radical (unpaired) electrons. The average molecular weight is 486 g/mol. The Morgan fingerprint density at radius 3 is 2.68 bits per heavy atom. The Morgan fingerprint density at radius 1 is 1.26 bits per heavy atom. The van der Waals surface area contributed by atoms with Crippen LogP contribution in [0.25, 0.3) is 10.9 Å². The Morgan fingerprint density at radius 2 is 2.03 bits per heavy atom. The van der Waals surface area contributed by atoms with Gasteiger partial charge in [0, 0.05) is 16.8 Å². The van der Waals surface area contributed by atoms with Crippen molar-refractivity contribution in [1.29, 1.82) is 5.26 Å². The molecule has 8 nitrogen and oxygen atoms in total. The third-order valence-corrected chi connectivity index (χ3v) is 7.35. The normalized spacial score (nSPS) is 22.1. The first-order chi connectivity index (χ1) is 16.3. The van der Waals surface area contributed by atoms with E-state index in [-0.39, 0.29) is 40.0 Å². The molecule has 2 aromatic rings. The van der Waals surface area contributed by atoms with Gasteiger partial charge in [-0.3, -0.25) is 14.4 Å². The SMILES string of the molecule is N#C[C@H](C[C@@H]1CC2(CC2)NC1=O)NC(=O)C(CC1CC1)NC(=O)c1cc2ccc(Cl)c(F)c2[nH]1. The monoisotopic (exact) mass is 485 g/mol. The number of nitrogens with one attached hydrogen (secondary N) is 4. The maximum absolute atomic E-state index is 14.3. The van der Waals surface area contributed by atoms with Crippen molar-refractivity contribution in [3.63, 3.8) is 0 Å². The summed E-state index contributed by atoms with van der Waals surface area (Å²) in [6.07, 6.45) is 5.23. The van der Waals surface area contributed by atoms with Crippen molar-refractivity contribution in [2.45, 2.75) is 62.6 Å². The van der Waals surface area contributed by atoms with E-state index in [1.165, 1.54) is 12.1 Å². The molecule has 1 aliphatic heterocycles. The van der Waals surface area contributed by atoms with E-state index in [0.29, 0.717) is 24.1 Å². The summed E-state index contributed by atoms with van der Waals surface area (Å²) in [6, 6.07) is 4.92. The van der Waals surface area contributed by atoms with Crippen LogP contribution in [0.3, 0.4) is 0 Å². The van der Waals surface area contributed by atoms with Gasteiger partial charge in [0.2, 0.25) is 11.8 Å². The number of aromatic amines is 1. The summed E-state index contributed by atoms with van der Waals surface area (Å²) in [5.41, 5.74) is 0.130. The quantitative estimate of drug-likeness (QED) is 0.458. The number of rotatable bonds is 8. The van der Waals surface area contributed by atoms with Gasteiger partial charge in [0.15, 0.2) is 5.82 Å². The second-order valence-corrected chi connectivity index (χ2v) is 10.2. The first-order valence-corrected chi connectivity index (χ1v) is 11.9. The van der Waals surface area contributed by atoms with Crippen LogP contribution in [0.1, 0.15) is 55.4 Å². The maximum Gasteiger partial charge on any atom is 0.268 e. The van der Waals surface area contributed by atoms with Gasteiger partial charge >= 0.3 is 0 Å². The highest BCUT2D eigenvalue weighted by Gasteiger charge is 2.52. The molecule has 3 amide bonds. The Hall–Kier alpha value is -3.12. The molecule has 10 heteroatoms. The lowest BCUT2D eigenvalue weighted by molar-refractivity contribution is -0.125. The molecule has 2 aliphatic carbocycles. The molecule has 1 unspecified atom stereocenters. The molecule has 3 fully saturated rings. The highest BCUT2D eigenvalue weighted by atomic mass is 35.5. The van der Waals surface area contributed by atoms with E-state index < -0.39 is 29.7 Å². The Bertz CT molecular complexity index is 1210. The third-order valence-electron chi connectivity index (χ3n) is 7.06. The molecule has 4 N–H and O–H groups in total. The van der Waals surface area contributed by atoms with Gasteiger partial charge in [0.25, 0.3) is 5.91 Å². The summed E-state index contributed by atoms with van der Waals surface area (Å²) in [5.74, 6) is -1.71. The van der Waals surface area contributed by atoms with Gasteiger partial charge in [-0.25, -0.2) is 4.39 Å². The first-order valence-electron chi connectivity index (χ1n) is 11.6. The molecule has 2 saturated carbocycles. The number of hydrogen-bond donors (Lipinski definition) is 4. The van der Waals surface area contributed by atoms with Crippen LogP contribution >= 0.6 is 11.6 Å². The number of carbonyl (C=O) groups excluding carboxylic acids is 3. The fourth-order valence-electron chi connectivity index (χ4n) is 4.77. The van der Waals surface area contributed by atoms with Gasteiger partial charge in [-0.2, -0.15) is 5.26 Å². The Labute approximate surface area is 200 Å². The number of aromatic nitrogens is 1.